The first-order chi connectivity index (χ1) is 14.9. The number of halogens is 3. The molecule has 1 aliphatic rings. The first-order valence-electron chi connectivity index (χ1n) is 9.57. The monoisotopic (exact) mass is 445 g/mol. The number of benzene rings is 1. The molecule has 0 unspecified atom stereocenters. The van der Waals surface area contributed by atoms with Gasteiger partial charge in [-0.25, -0.2) is 18.6 Å². The normalized spacial score (nSPS) is 14.5. The highest BCUT2D eigenvalue weighted by Gasteiger charge is 2.23. The lowest BCUT2D eigenvalue weighted by Gasteiger charge is -2.31. The summed E-state index contributed by atoms with van der Waals surface area (Å²) in [4.78, 5) is 26.2. The van der Waals surface area contributed by atoms with E-state index in [0.29, 0.717) is 48.6 Å². The summed E-state index contributed by atoms with van der Waals surface area (Å²) in [6.45, 7) is 0.915. The number of nitrogens with one attached hydrogen (secondary N) is 1. The number of aromatic nitrogens is 3. The number of pyridine rings is 1. The van der Waals surface area contributed by atoms with E-state index in [4.69, 9.17) is 11.6 Å². The molecule has 0 spiro atoms. The van der Waals surface area contributed by atoms with E-state index >= 15 is 0 Å². The molecule has 1 aliphatic heterocycles. The van der Waals surface area contributed by atoms with Crippen LogP contribution in [0.15, 0.2) is 42.9 Å². The third kappa shape index (κ3) is 4.72. The number of hydrogen-bond donors (Lipinski definition) is 2. The molecule has 0 atom stereocenters. The number of hydrogen-bond acceptors (Lipinski definition) is 6. The number of carboxylic acid groups (broad SMARTS) is 1. The number of rotatable bonds is 5. The number of piperidine rings is 1. The van der Waals surface area contributed by atoms with Crippen molar-refractivity contribution in [3.05, 3.63) is 59.3 Å². The quantitative estimate of drug-likeness (QED) is 0.587. The van der Waals surface area contributed by atoms with Crippen LogP contribution in [0.5, 0.6) is 0 Å². The fraction of sp³-hybridized carbons (Fsp3) is 0.238. The average Bonchev–Trinajstić information content (AvgIpc) is 2.77. The number of carbonyl (C=O) groups is 1. The molecule has 0 aliphatic carbocycles. The van der Waals surface area contributed by atoms with Crippen molar-refractivity contribution in [1.82, 2.24) is 15.0 Å². The first-order valence-corrected chi connectivity index (χ1v) is 9.95. The summed E-state index contributed by atoms with van der Waals surface area (Å²) in [5.41, 5.74) is 1.65. The Balaban J connectivity index is 1.73. The van der Waals surface area contributed by atoms with Gasteiger partial charge >= 0.3 is 5.97 Å². The van der Waals surface area contributed by atoms with Gasteiger partial charge in [-0.1, -0.05) is 11.6 Å². The number of carboxylic acids is 1. The molecule has 3 heterocycles. The Morgan fingerprint density at radius 1 is 1.19 bits per heavy atom. The minimum Gasteiger partial charge on any atom is -0.478 e. The molecule has 10 heteroatoms. The maximum Gasteiger partial charge on any atom is 0.337 e. The van der Waals surface area contributed by atoms with Crippen molar-refractivity contribution in [3.8, 4) is 11.1 Å². The van der Waals surface area contributed by atoms with Gasteiger partial charge in [0.2, 0.25) is 5.95 Å². The predicted molar refractivity (Wildman–Crippen MR) is 113 cm³/mol. The largest absolute Gasteiger partial charge is 0.478 e. The highest BCUT2D eigenvalue weighted by Crippen LogP contribution is 2.32. The summed E-state index contributed by atoms with van der Waals surface area (Å²) in [6.07, 6.45) is 4.22. The Hall–Kier alpha value is -3.33. The Morgan fingerprint density at radius 2 is 1.97 bits per heavy atom. The maximum atomic E-state index is 13.7. The van der Waals surface area contributed by atoms with Crippen LogP contribution in [0, 0.1) is 5.82 Å². The molecule has 4 rings (SSSR count). The van der Waals surface area contributed by atoms with E-state index in [0.717, 1.165) is 0 Å². The standard InChI is InChI=1S/C21H18ClF2N5O2/c22-17-8-15(1-2-18(17)24)27-21-26-11-16(12-7-13(20(30)31)10-25-9-12)19(28-21)29-5-3-14(23)4-6-29/h1-2,7-11,14H,3-6H2,(H,30,31)(H,26,27,28). The lowest BCUT2D eigenvalue weighted by atomic mass is 10.1. The number of alkyl halides is 1. The number of nitrogens with zero attached hydrogens (tertiary/aromatic N) is 4. The number of anilines is 3. The van der Waals surface area contributed by atoms with Gasteiger partial charge in [0.25, 0.3) is 0 Å². The minimum atomic E-state index is -1.10. The van der Waals surface area contributed by atoms with Crippen molar-refractivity contribution in [3.63, 3.8) is 0 Å². The molecule has 0 amide bonds. The van der Waals surface area contributed by atoms with E-state index in [-0.39, 0.29) is 16.5 Å². The predicted octanol–water partition coefficient (Wildman–Crippen LogP) is 4.71. The van der Waals surface area contributed by atoms with Crippen molar-refractivity contribution in [1.29, 1.82) is 0 Å². The van der Waals surface area contributed by atoms with Crippen LogP contribution >= 0.6 is 11.6 Å². The van der Waals surface area contributed by atoms with Gasteiger partial charge in [0.15, 0.2) is 0 Å². The summed E-state index contributed by atoms with van der Waals surface area (Å²) >= 11 is 5.84. The Kier molecular flexibility index (Phi) is 5.94. The van der Waals surface area contributed by atoms with Gasteiger partial charge in [-0.2, -0.15) is 4.98 Å². The average molecular weight is 446 g/mol. The molecule has 0 saturated carbocycles. The summed E-state index contributed by atoms with van der Waals surface area (Å²) in [5.74, 6) is -0.862. The number of aromatic carboxylic acids is 1. The van der Waals surface area contributed by atoms with Crippen LogP contribution in [0.25, 0.3) is 11.1 Å². The molecular weight excluding hydrogens is 428 g/mol. The van der Waals surface area contributed by atoms with E-state index in [1.165, 1.54) is 36.7 Å². The molecule has 1 saturated heterocycles. The molecule has 0 radical (unpaired) electrons. The van der Waals surface area contributed by atoms with Crippen LogP contribution in [-0.2, 0) is 0 Å². The SMILES string of the molecule is O=C(O)c1cncc(-c2cnc(Nc3ccc(F)c(Cl)c3)nc2N2CCC(F)CC2)c1. The Bertz CT molecular complexity index is 1120. The van der Waals surface area contributed by atoms with Gasteiger partial charge in [-0.05, 0) is 37.1 Å². The molecule has 0 bridgehead atoms. The van der Waals surface area contributed by atoms with Crippen molar-refractivity contribution < 1.29 is 18.7 Å². The van der Waals surface area contributed by atoms with Crippen LogP contribution in [-0.4, -0.2) is 45.3 Å². The molecule has 31 heavy (non-hydrogen) atoms. The lowest BCUT2D eigenvalue weighted by molar-refractivity contribution is 0.0696. The van der Waals surface area contributed by atoms with Crippen LogP contribution in [0.3, 0.4) is 0 Å². The Labute approximate surface area is 181 Å². The van der Waals surface area contributed by atoms with Crippen molar-refractivity contribution >= 4 is 35.0 Å². The zero-order chi connectivity index (χ0) is 22.0. The van der Waals surface area contributed by atoms with Crippen LogP contribution in [0.2, 0.25) is 5.02 Å². The highest BCUT2D eigenvalue weighted by atomic mass is 35.5. The molecule has 2 N–H and O–H groups in total. The molecule has 160 valence electrons. The highest BCUT2D eigenvalue weighted by molar-refractivity contribution is 6.31. The van der Waals surface area contributed by atoms with Gasteiger partial charge in [-0.3, -0.25) is 4.98 Å². The fourth-order valence-electron chi connectivity index (χ4n) is 3.34. The lowest BCUT2D eigenvalue weighted by Crippen LogP contribution is -2.35. The van der Waals surface area contributed by atoms with E-state index in [9.17, 15) is 18.7 Å². The smallest absolute Gasteiger partial charge is 0.337 e. The van der Waals surface area contributed by atoms with Crippen LogP contribution in [0.4, 0.5) is 26.2 Å². The first kappa shape index (κ1) is 20.9. The van der Waals surface area contributed by atoms with E-state index < -0.39 is 18.0 Å². The van der Waals surface area contributed by atoms with Crippen LogP contribution in [0.1, 0.15) is 23.2 Å². The second kappa shape index (κ2) is 8.81. The molecule has 7 nitrogen and oxygen atoms in total. The van der Waals surface area contributed by atoms with Crippen molar-refractivity contribution in [2.45, 2.75) is 19.0 Å². The van der Waals surface area contributed by atoms with Crippen molar-refractivity contribution in [2.24, 2.45) is 0 Å². The Morgan fingerprint density at radius 3 is 2.68 bits per heavy atom. The zero-order valence-corrected chi connectivity index (χ0v) is 17.0. The van der Waals surface area contributed by atoms with Gasteiger partial charge in [0.1, 0.15) is 17.8 Å². The van der Waals surface area contributed by atoms with Crippen molar-refractivity contribution in [2.75, 3.05) is 23.3 Å². The second-order valence-electron chi connectivity index (χ2n) is 7.11. The topological polar surface area (TPSA) is 91.2 Å². The summed E-state index contributed by atoms with van der Waals surface area (Å²) in [5, 5.41) is 12.2. The molecule has 1 aromatic carbocycles. The van der Waals surface area contributed by atoms with Crippen LogP contribution < -0.4 is 10.2 Å². The fourth-order valence-corrected chi connectivity index (χ4v) is 3.53. The zero-order valence-electron chi connectivity index (χ0n) is 16.2. The second-order valence-corrected chi connectivity index (χ2v) is 7.52. The van der Waals surface area contributed by atoms with Gasteiger partial charge in [-0.15, -0.1) is 0 Å². The van der Waals surface area contributed by atoms with Gasteiger partial charge in [0.05, 0.1) is 10.6 Å². The summed E-state index contributed by atoms with van der Waals surface area (Å²) < 4.78 is 27.1. The molecule has 2 aromatic heterocycles. The minimum absolute atomic E-state index is 0.0362. The third-order valence-corrected chi connectivity index (χ3v) is 5.25. The van der Waals surface area contributed by atoms with E-state index in [1.54, 1.807) is 6.20 Å². The van der Waals surface area contributed by atoms with Gasteiger partial charge in [0, 0.05) is 48.5 Å². The molecule has 3 aromatic rings. The maximum absolute atomic E-state index is 13.7. The van der Waals surface area contributed by atoms with E-state index in [1.807, 2.05) is 4.90 Å². The summed E-state index contributed by atoms with van der Waals surface area (Å²) in [7, 11) is 0. The third-order valence-electron chi connectivity index (χ3n) is 4.96. The molecular formula is C21H18ClF2N5O2. The van der Waals surface area contributed by atoms with Gasteiger partial charge < -0.3 is 15.3 Å². The van der Waals surface area contributed by atoms with E-state index in [2.05, 4.69) is 20.3 Å². The summed E-state index contributed by atoms with van der Waals surface area (Å²) in [6, 6.07) is 5.65. The molecule has 1 fully saturated rings.